The van der Waals surface area contributed by atoms with Crippen molar-refractivity contribution in [2.75, 3.05) is 5.73 Å². The number of nitrogens with two attached hydrogens (primary N) is 1. The van der Waals surface area contributed by atoms with Crippen LogP contribution in [0.4, 0.5) is 5.69 Å². The molecule has 1 nitrogen and oxygen atoms in total. The number of anilines is 1. The van der Waals surface area contributed by atoms with Crippen LogP contribution in [0.2, 0.25) is 5.02 Å². The van der Waals surface area contributed by atoms with Crippen LogP contribution in [0.25, 0.3) is 11.1 Å². The fourth-order valence-electron chi connectivity index (χ4n) is 1.77. The summed E-state index contributed by atoms with van der Waals surface area (Å²) in [6.45, 7) is 2.10. The van der Waals surface area contributed by atoms with Crippen molar-refractivity contribution in [1.29, 1.82) is 0 Å². The molecule has 0 aliphatic heterocycles. The molecule has 0 bridgehead atoms. The number of aryl methyl sites for hydroxylation is 1. The van der Waals surface area contributed by atoms with Crippen molar-refractivity contribution in [3.05, 3.63) is 53.1 Å². The molecular weight excluding hydrogens is 218 g/mol. The van der Waals surface area contributed by atoms with Crippen LogP contribution in [0.3, 0.4) is 0 Å². The van der Waals surface area contributed by atoms with Gasteiger partial charge in [-0.15, -0.1) is 0 Å². The van der Waals surface area contributed by atoms with Crippen LogP contribution in [-0.4, -0.2) is 0 Å². The maximum absolute atomic E-state index is 6.16. The molecule has 0 unspecified atom stereocenters. The van der Waals surface area contributed by atoms with Crippen molar-refractivity contribution in [2.24, 2.45) is 0 Å². The van der Waals surface area contributed by atoms with Gasteiger partial charge in [-0.25, -0.2) is 0 Å². The first kappa shape index (κ1) is 11.0. The van der Waals surface area contributed by atoms with E-state index in [0.29, 0.717) is 0 Å². The molecule has 0 fully saturated rings. The third kappa shape index (κ3) is 2.05. The van der Waals surface area contributed by atoms with Crippen LogP contribution in [-0.2, 0) is 6.42 Å². The first-order valence-corrected chi connectivity index (χ1v) is 5.73. The Kier molecular flexibility index (Phi) is 3.16. The van der Waals surface area contributed by atoms with Gasteiger partial charge in [0, 0.05) is 16.3 Å². The summed E-state index contributed by atoms with van der Waals surface area (Å²) < 4.78 is 0. The summed E-state index contributed by atoms with van der Waals surface area (Å²) in [5, 5.41) is 0.773. The van der Waals surface area contributed by atoms with E-state index in [-0.39, 0.29) is 0 Å². The standard InChI is InChI=1S/C14H14ClN/c1-2-10-9-11(7-8-14(10)16)12-5-3-4-6-13(12)15/h3-9H,2,16H2,1H3. The Hall–Kier alpha value is -1.47. The number of benzene rings is 2. The quantitative estimate of drug-likeness (QED) is 0.772. The van der Waals surface area contributed by atoms with Gasteiger partial charge in [-0.2, -0.15) is 0 Å². The van der Waals surface area contributed by atoms with Gasteiger partial charge in [-0.05, 0) is 35.7 Å². The first-order valence-electron chi connectivity index (χ1n) is 5.35. The number of halogens is 1. The minimum Gasteiger partial charge on any atom is -0.399 e. The highest BCUT2D eigenvalue weighted by atomic mass is 35.5. The van der Waals surface area contributed by atoms with E-state index >= 15 is 0 Å². The molecule has 2 rings (SSSR count). The summed E-state index contributed by atoms with van der Waals surface area (Å²) in [6.07, 6.45) is 0.935. The zero-order valence-corrected chi connectivity index (χ0v) is 9.96. The van der Waals surface area contributed by atoms with E-state index in [9.17, 15) is 0 Å². The Bertz CT molecular complexity index is 506. The predicted molar refractivity (Wildman–Crippen MR) is 70.7 cm³/mol. The second-order valence-electron chi connectivity index (χ2n) is 3.75. The molecular formula is C14H14ClN. The van der Waals surface area contributed by atoms with Crippen LogP contribution in [0.5, 0.6) is 0 Å². The van der Waals surface area contributed by atoms with Crippen molar-refractivity contribution in [1.82, 2.24) is 0 Å². The molecule has 16 heavy (non-hydrogen) atoms. The molecule has 0 atom stereocenters. The molecule has 0 aliphatic carbocycles. The van der Waals surface area contributed by atoms with Crippen molar-refractivity contribution in [2.45, 2.75) is 13.3 Å². The van der Waals surface area contributed by atoms with Crippen LogP contribution in [0, 0.1) is 0 Å². The van der Waals surface area contributed by atoms with E-state index in [0.717, 1.165) is 33.8 Å². The van der Waals surface area contributed by atoms with E-state index in [1.807, 2.05) is 36.4 Å². The molecule has 0 saturated carbocycles. The maximum Gasteiger partial charge on any atom is 0.0484 e. The molecule has 0 heterocycles. The molecule has 2 heteroatoms. The Labute approximate surface area is 101 Å². The first-order chi connectivity index (χ1) is 7.72. The number of hydrogen-bond donors (Lipinski definition) is 1. The van der Waals surface area contributed by atoms with Crippen molar-refractivity contribution >= 4 is 17.3 Å². The minimum atomic E-state index is 0.773. The lowest BCUT2D eigenvalue weighted by atomic mass is 10.0. The maximum atomic E-state index is 6.16. The van der Waals surface area contributed by atoms with Gasteiger partial charge in [-0.1, -0.05) is 42.8 Å². The highest BCUT2D eigenvalue weighted by Gasteiger charge is 2.04. The van der Waals surface area contributed by atoms with Gasteiger partial charge in [0.1, 0.15) is 0 Å². The fraction of sp³-hybridized carbons (Fsp3) is 0.143. The topological polar surface area (TPSA) is 26.0 Å². The molecule has 0 amide bonds. The molecule has 0 aliphatic rings. The predicted octanol–water partition coefficient (Wildman–Crippen LogP) is 4.15. The van der Waals surface area contributed by atoms with E-state index in [1.165, 1.54) is 0 Å². The number of hydrogen-bond acceptors (Lipinski definition) is 1. The largest absolute Gasteiger partial charge is 0.399 e. The average Bonchev–Trinajstić information content (AvgIpc) is 2.31. The number of rotatable bonds is 2. The molecule has 0 saturated heterocycles. The molecule has 2 aromatic carbocycles. The smallest absolute Gasteiger partial charge is 0.0484 e. The Balaban J connectivity index is 2.53. The summed E-state index contributed by atoms with van der Waals surface area (Å²) >= 11 is 6.16. The lowest BCUT2D eigenvalue weighted by Gasteiger charge is -2.08. The van der Waals surface area contributed by atoms with E-state index in [1.54, 1.807) is 0 Å². The Morgan fingerprint density at radius 2 is 1.88 bits per heavy atom. The zero-order chi connectivity index (χ0) is 11.5. The third-order valence-electron chi connectivity index (χ3n) is 2.71. The van der Waals surface area contributed by atoms with Gasteiger partial charge in [0.15, 0.2) is 0 Å². The minimum absolute atomic E-state index is 0.773. The van der Waals surface area contributed by atoms with Crippen LogP contribution >= 0.6 is 11.6 Å². The normalized spacial score (nSPS) is 10.4. The average molecular weight is 232 g/mol. The number of nitrogen functional groups attached to an aromatic ring is 1. The summed E-state index contributed by atoms with van der Waals surface area (Å²) in [5.41, 5.74) is 10.1. The van der Waals surface area contributed by atoms with E-state index in [2.05, 4.69) is 13.0 Å². The van der Waals surface area contributed by atoms with Gasteiger partial charge in [0.25, 0.3) is 0 Å². The van der Waals surface area contributed by atoms with Gasteiger partial charge in [0.05, 0.1) is 0 Å². The molecule has 82 valence electrons. The summed E-state index contributed by atoms with van der Waals surface area (Å²) in [5.74, 6) is 0. The van der Waals surface area contributed by atoms with E-state index < -0.39 is 0 Å². The second kappa shape index (κ2) is 4.58. The van der Waals surface area contributed by atoms with Crippen molar-refractivity contribution in [3.63, 3.8) is 0 Å². The summed E-state index contributed by atoms with van der Waals surface area (Å²) in [4.78, 5) is 0. The Morgan fingerprint density at radius 1 is 1.12 bits per heavy atom. The molecule has 0 radical (unpaired) electrons. The highest BCUT2D eigenvalue weighted by Crippen LogP contribution is 2.29. The SMILES string of the molecule is CCc1cc(-c2ccccc2Cl)ccc1N. The fourth-order valence-corrected chi connectivity index (χ4v) is 2.02. The van der Waals surface area contributed by atoms with Crippen molar-refractivity contribution < 1.29 is 0 Å². The van der Waals surface area contributed by atoms with Gasteiger partial charge >= 0.3 is 0 Å². The molecule has 0 spiro atoms. The second-order valence-corrected chi connectivity index (χ2v) is 4.15. The van der Waals surface area contributed by atoms with Crippen molar-refractivity contribution in [3.8, 4) is 11.1 Å². The monoisotopic (exact) mass is 231 g/mol. The molecule has 2 aromatic rings. The highest BCUT2D eigenvalue weighted by molar-refractivity contribution is 6.33. The Morgan fingerprint density at radius 3 is 2.56 bits per heavy atom. The van der Waals surface area contributed by atoms with Gasteiger partial charge in [-0.3, -0.25) is 0 Å². The third-order valence-corrected chi connectivity index (χ3v) is 3.04. The lowest BCUT2D eigenvalue weighted by molar-refractivity contribution is 1.15. The molecule has 0 aromatic heterocycles. The van der Waals surface area contributed by atoms with Crippen LogP contribution in [0.1, 0.15) is 12.5 Å². The van der Waals surface area contributed by atoms with E-state index in [4.69, 9.17) is 17.3 Å². The lowest BCUT2D eigenvalue weighted by Crippen LogP contribution is -1.93. The van der Waals surface area contributed by atoms with Crippen LogP contribution in [0.15, 0.2) is 42.5 Å². The molecule has 2 N–H and O–H groups in total. The van der Waals surface area contributed by atoms with Gasteiger partial charge < -0.3 is 5.73 Å². The summed E-state index contributed by atoms with van der Waals surface area (Å²) in [6, 6.07) is 13.9. The van der Waals surface area contributed by atoms with Crippen LogP contribution < -0.4 is 5.73 Å². The zero-order valence-electron chi connectivity index (χ0n) is 9.20. The summed E-state index contributed by atoms with van der Waals surface area (Å²) in [7, 11) is 0. The van der Waals surface area contributed by atoms with Gasteiger partial charge in [0.2, 0.25) is 0 Å².